The number of hydrogen-bond donors (Lipinski definition) is 2. The fourth-order valence-electron chi connectivity index (χ4n) is 3.40. The third-order valence-corrected chi connectivity index (χ3v) is 6.70. The topological polar surface area (TPSA) is 94.1 Å². The van der Waals surface area contributed by atoms with Crippen molar-refractivity contribution in [3.63, 3.8) is 0 Å². The molecule has 0 saturated heterocycles. The van der Waals surface area contributed by atoms with E-state index in [0.717, 1.165) is 32.1 Å². The highest BCUT2D eigenvalue weighted by Crippen LogP contribution is 2.43. The van der Waals surface area contributed by atoms with E-state index in [4.69, 9.17) is 13.8 Å². The molecule has 0 aromatic heterocycles. The molecule has 0 spiro atoms. The summed E-state index contributed by atoms with van der Waals surface area (Å²) in [6.45, 7) is 5.09. The number of phosphoric ester groups is 1. The second kappa shape index (κ2) is 23.7. The van der Waals surface area contributed by atoms with Gasteiger partial charge in [0.25, 0.3) is 0 Å². The third kappa shape index (κ3) is 23.5. The number of nitrogens with one attached hydrogen (secondary N) is 1. The zero-order chi connectivity index (χ0) is 24.6. The highest BCUT2D eigenvalue weighted by atomic mass is 79.9. The lowest BCUT2D eigenvalue weighted by Gasteiger charge is -2.20. The minimum Gasteiger partial charge on any atom is -0.374 e. The van der Waals surface area contributed by atoms with Gasteiger partial charge in [-0.25, -0.2) is 4.57 Å². The summed E-state index contributed by atoms with van der Waals surface area (Å²) in [5.74, 6) is -0.0178. The Morgan fingerprint density at radius 1 is 0.848 bits per heavy atom. The molecule has 2 unspecified atom stereocenters. The van der Waals surface area contributed by atoms with E-state index in [0.29, 0.717) is 18.4 Å². The average molecular weight is 559 g/mol. The van der Waals surface area contributed by atoms with Crippen LogP contribution in [-0.4, -0.2) is 48.6 Å². The molecule has 0 fully saturated rings. The first-order chi connectivity index (χ1) is 15.9. The van der Waals surface area contributed by atoms with Gasteiger partial charge in [0, 0.05) is 24.9 Å². The molecular formula is C24H49BrNO6P. The van der Waals surface area contributed by atoms with Crippen molar-refractivity contribution in [2.45, 2.75) is 116 Å². The SMILES string of the molecule is CCCCCCCCCCCCCC(=O)NCC(COP(=O)(O)OCCBr)OCCCCC. The van der Waals surface area contributed by atoms with Crippen LogP contribution in [0.3, 0.4) is 0 Å². The number of carbonyl (C=O) groups excluding carboxylic acids is 1. The summed E-state index contributed by atoms with van der Waals surface area (Å²) >= 11 is 3.14. The van der Waals surface area contributed by atoms with Gasteiger partial charge in [0.05, 0.1) is 19.3 Å². The number of carbonyl (C=O) groups is 1. The molecule has 198 valence electrons. The third-order valence-electron chi connectivity index (χ3n) is 5.39. The number of halogens is 1. The first-order valence-electron chi connectivity index (χ1n) is 13.0. The fraction of sp³-hybridized carbons (Fsp3) is 0.958. The Kier molecular flexibility index (Phi) is 23.8. The van der Waals surface area contributed by atoms with E-state index in [2.05, 4.69) is 35.1 Å². The van der Waals surface area contributed by atoms with Crippen LogP contribution in [0.5, 0.6) is 0 Å². The molecule has 1 amide bonds. The predicted octanol–water partition coefficient (Wildman–Crippen LogP) is 6.91. The van der Waals surface area contributed by atoms with Gasteiger partial charge in [-0.3, -0.25) is 13.8 Å². The van der Waals surface area contributed by atoms with E-state index < -0.39 is 13.9 Å². The van der Waals surface area contributed by atoms with Crippen LogP contribution < -0.4 is 5.32 Å². The summed E-state index contributed by atoms with van der Waals surface area (Å²) in [6.07, 6.45) is 16.8. The number of hydrogen-bond acceptors (Lipinski definition) is 5. The Morgan fingerprint density at radius 2 is 1.39 bits per heavy atom. The number of ether oxygens (including phenoxy) is 1. The van der Waals surface area contributed by atoms with Crippen molar-refractivity contribution in [2.24, 2.45) is 0 Å². The van der Waals surface area contributed by atoms with Gasteiger partial charge in [0.2, 0.25) is 5.91 Å². The largest absolute Gasteiger partial charge is 0.472 e. The maximum Gasteiger partial charge on any atom is 0.472 e. The predicted molar refractivity (Wildman–Crippen MR) is 139 cm³/mol. The van der Waals surface area contributed by atoms with Crippen molar-refractivity contribution < 1.29 is 28.0 Å². The van der Waals surface area contributed by atoms with E-state index in [1.54, 1.807) is 0 Å². The fourth-order valence-corrected chi connectivity index (χ4v) is 4.56. The van der Waals surface area contributed by atoms with Crippen LogP contribution in [0.25, 0.3) is 0 Å². The molecule has 0 heterocycles. The molecule has 0 radical (unpaired) electrons. The molecule has 2 N–H and O–H groups in total. The quantitative estimate of drug-likeness (QED) is 0.0719. The van der Waals surface area contributed by atoms with Crippen molar-refractivity contribution in [3.8, 4) is 0 Å². The summed E-state index contributed by atoms with van der Waals surface area (Å²) in [7, 11) is -4.12. The van der Waals surface area contributed by atoms with E-state index in [-0.39, 0.29) is 25.7 Å². The van der Waals surface area contributed by atoms with Crippen LogP contribution in [0, 0.1) is 0 Å². The molecule has 9 heteroatoms. The van der Waals surface area contributed by atoms with Crippen LogP contribution in [0.1, 0.15) is 110 Å². The summed E-state index contributed by atoms with van der Waals surface area (Å²) in [5.41, 5.74) is 0. The van der Waals surface area contributed by atoms with Gasteiger partial charge in [-0.1, -0.05) is 107 Å². The number of amides is 1. The van der Waals surface area contributed by atoms with Gasteiger partial charge in [-0.2, -0.15) is 0 Å². The molecule has 2 atom stereocenters. The maximum atomic E-state index is 12.2. The molecule has 0 aromatic carbocycles. The van der Waals surface area contributed by atoms with E-state index in [9.17, 15) is 14.3 Å². The molecule has 0 rings (SSSR count). The summed E-state index contributed by atoms with van der Waals surface area (Å²) in [6, 6.07) is 0. The lowest BCUT2D eigenvalue weighted by molar-refractivity contribution is -0.122. The second-order valence-corrected chi connectivity index (χ2v) is 10.8. The van der Waals surface area contributed by atoms with Gasteiger partial charge >= 0.3 is 7.82 Å². The van der Waals surface area contributed by atoms with Gasteiger partial charge < -0.3 is 14.9 Å². The van der Waals surface area contributed by atoms with E-state index in [1.807, 2.05) is 0 Å². The summed E-state index contributed by atoms with van der Waals surface area (Å²) < 4.78 is 27.5. The van der Waals surface area contributed by atoms with E-state index in [1.165, 1.54) is 57.8 Å². The standard InChI is InChI=1S/C24H49BrNO6P/c1-3-5-7-8-9-10-11-12-13-14-15-17-24(27)26-21-23(30-19-16-6-4-2)22-32-33(28,29)31-20-18-25/h23H,3-22H2,1-2H3,(H,26,27)(H,28,29). The zero-order valence-corrected chi connectivity index (χ0v) is 23.5. The van der Waals surface area contributed by atoms with Crippen molar-refractivity contribution in [1.29, 1.82) is 0 Å². The number of rotatable bonds is 25. The van der Waals surface area contributed by atoms with Gasteiger partial charge in [0.15, 0.2) is 0 Å². The minimum absolute atomic E-state index is 0.0178. The lowest BCUT2D eigenvalue weighted by atomic mass is 10.1. The van der Waals surface area contributed by atoms with E-state index >= 15 is 0 Å². The molecule has 33 heavy (non-hydrogen) atoms. The Balaban J connectivity index is 4.00. The van der Waals surface area contributed by atoms with Crippen LogP contribution in [0.2, 0.25) is 0 Å². The van der Waals surface area contributed by atoms with Gasteiger partial charge in [0.1, 0.15) is 0 Å². The van der Waals surface area contributed by atoms with Gasteiger partial charge in [-0.05, 0) is 12.8 Å². The molecule has 0 aliphatic heterocycles. The highest BCUT2D eigenvalue weighted by Gasteiger charge is 2.23. The van der Waals surface area contributed by atoms with Crippen molar-refractivity contribution in [1.82, 2.24) is 5.32 Å². The van der Waals surface area contributed by atoms with Crippen LogP contribution in [0.4, 0.5) is 0 Å². The Hall–Kier alpha value is 0.0200. The molecule has 0 bridgehead atoms. The summed E-state index contributed by atoms with van der Waals surface area (Å²) in [4.78, 5) is 21.9. The first-order valence-corrected chi connectivity index (χ1v) is 15.6. The first kappa shape index (κ1) is 33.0. The average Bonchev–Trinajstić information content (AvgIpc) is 2.80. The number of unbranched alkanes of at least 4 members (excludes halogenated alkanes) is 12. The van der Waals surface area contributed by atoms with Crippen LogP contribution >= 0.6 is 23.8 Å². The van der Waals surface area contributed by atoms with Crippen molar-refractivity contribution in [3.05, 3.63) is 0 Å². The number of alkyl halides is 1. The molecule has 0 aromatic rings. The highest BCUT2D eigenvalue weighted by molar-refractivity contribution is 9.09. The van der Waals surface area contributed by atoms with Gasteiger partial charge in [-0.15, -0.1) is 0 Å². The molecule has 0 saturated carbocycles. The Labute approximate surface area is 210 Å². The van der Waals surface area contributed by atoms with Crippen molar-refractivity contribution >= 4 is 29.7 Å². The smallest absolute Gasteiger partial charge is 0.374 e. The molecular weight excluding hydrogens is 509 g/mol. The number of phosphoric acid groups is 1. The maximum absolute atomic E-state index is 12.2. The monoisotopic (exact) mass is 557 g/mol. The zero-order valence-electron chi connectivity index (χ0n) is 21.0. The normalized spacial score (nSPS) is 14.2. The Bertz CT molecular complexity index is 498. The Morgan fingerprint density at radius 3 is 1.97 bits per heavy atom. The molecule has 0 aliphatic rings. The molecule has 7 nitrogen and oxygen atoms in total. The second-order valence-electron chi connectivity index (χ2n) is 8.58. The van der Waals surface area contributed by atoms with Crippen LogP contribution in [0.15, 0.2) is 0 Å². The molecule has 0 aliphatic carbocycles. The minimum atomic E-state index is -4.12. The van der Waals surface area contributed by atoms with Crippen molar-refractivity contribution in [2.75, 3.05) is 31.7 Å². The lowest BCUT2D eigenvalue weighted by Crippen LogP contribution is -2.36. The van der Waals surface area contributed by atoms with Crippen LogP contribution in [-0.2, 0) is 23.1 Å². The summed E-state index contributed by atoms with van der Waals surface area (Å²) in [5, 5.41) is 3.31.